The van der Waals surface area contributed by atoms with Crippen molar-refractivity contribution in [2.24, 2.45) is 5.73 Å². The number of anilines is 4. The lowest BCUT2D eigenvalue weighted by atomic mass is 9.89. The van der Waals surface area contributed by atoms with Gasteiger partial charge in [-0.2, -0.15) is 0 Å². The molecule has 11 nitrogen and oxygen atoms in total. The number of hydrogen-bond acceptors (Lipinski definition) is 8. The molecule has 0 unspecified atom stereocenters. The Kier molecular flexibility index (Phi) is 8.69. The first-order chi connectivity index (χ1) is 21.3. The van der Waals surface area contributed by atoms with Crippen molar-refractivity contribution in [3.05, 3.63) is 71.3 Å². The van der Waals surface area contributed by atoms with Gasteiger partial charge >= 0.3 is 6.03 Å². The minimum Gasteiger partial charge on any atom is -0.364 e. The van der Waals surface area contributed by atoms with E-state index in [4.69, 9.17) is 10.7 Å². The van der Waals surface area contributed by atoms with Crippen molar-refractivity contribution < 1.29 is 18.8 Å². The number of aromatic nitrogens is 2. The summed E-state index contributed by atoms with van der Waals surface area (Å²) in [7, 11) is 0. The molecule has 0 bridgehead atoms. The Morgan fingerprint density at radius 1 is 1.00 bits per heavy atom. The van der Waals surface area contributed by atoms with Gasteiger partial charge in [0.25, 0.3) is 5.91 Å². The number of imide groups is 1. The number of nitrogens with one attached hydrogen (secondary N) is 2. The molecule has 3 saturated heterocycles. The van der Waals surface area contributed by atoms with E-state index in [0.29, 0.717) is 29.5 Å². The van der Waals surface area contributed by atoms with E-state index in [1.54, 1.807) is 18.3 Å². The predicted molar refractivity (Wildman–Crippen MR) is 165 cm³/mol. The number of hydrogen-bond donors (Lipinski definition) is 3. The molecular weight excluding hydrogens is 563 g/mol. The zero-order valence-corrected chi connectivity index (χ0v) is 24.6. The number of nitrogens with two attached hydrogens (primary N) is 1. The SMILES string of the molecule is NC(=O)c1ncc(N2CCCCC2)nc1Nc1ccc(C2CCN(Cc3ccc(N4CCC(=O)NC4=O)cc3F)CC2)cc1. The third-order valence-corrected chi connectivity index (χ3v) is 8.70. The number of nitrogens with zero attached hydrogens (tertiary/aromatic N) is 5. The van der Waals surface area contributed by atoms with E-state index >= 15 is 0 Å². The van der Waals surface area contributed by atoms with Crippen molar-refractivity contribution in [2.75, 3.05) is 47.8 Å². The molecule has 4 heterocycles. The van der Waals surface area contributed by atoms with Gasteiger partial charge in [0, 0.05) is 49.5 Å². The van der Waals surface area contributed by atoms with Gasteiger partial charge in [0.15, 0.2) is 11.5 Å². The van der Waals surface area contributed by atoms with Crippen molar-refractivity contribution in [2.45, 2.75) is 51.0 Å². The number of likely N-dealkylation sites (tertiary alicyclic amines) is 1. The van der Waals surface area contributed by atoms with Crippen LogP contribution in [0.5, 0.6) is 0 Å². The fourth-order valence-electron chi connectivity index (χ4n) is 6.21. The summed E-state index contributed by atoms with van der Waals surface area (Å²) in [6.45, 7) is 4.24. The molecular formula is C32H37FN8O3. The van der Waals surface area contributed by atoms with Gasteiger partial charge in [0.1, 0.15) is 11.6 Å². The maximum absolute atomic E-state index is 15.0. The number of amides is 4. The first-order valence-corrected chi connectivity index (χ1v) is 15.2. The summed E-state index contributed by atoms with van der Waals surface area (Å²) >= 11 is 0. The van der Waals surface area contributed by atoms with Gasteiger partial charge < -0.3 is 16.0 Å². The van der Waals surface area contributed by atoms with Crippen LogP contribution in [0, 0.1) is 5.82 Å². The Balaban J connectivity index is 1.04. The Labute approximate surface area is 255 Å². The van der Waals surface area contributed by atoms with E-state index in [9.17, 15) is 18.8 Å². The molecule has 1 aromatic heterocycles. The van der Waals surface area contributed by atoms with E-state index in [0.717, 1.165) is 63.4 Å². The van der Waals surface area contributed by atoms with Crippen LogP contribution in [0.15, 0.2) is 48.7 Å². The minimum atomic E-state index is -0.628. The summed E-state index contributed by atoms with van der Waals surface area (Å²) in [5.41, 5.74) is 8.75. The average molecular weight is 601 g/mol. The highest BCUT2D eigenvalue weighted by Gasteiger charge is 2.26. The molecule has 3 aliphatic heterocycles. The van der Waals surface area contributed by atoms with Crippen molar-refractivity contribution in [3.63, 3.8) is 0 Å². The Hall–Kier alpha value is -4.58. The van der Waals surface area contributed by atoms with Crippen LogP contribution in [0.25, 0.3) is 0 Å². The molecule has 6 rings (SSSR count). The van der Waals surface area contributed by atoms with Crippen molar-refractivity contribution in [1.29, 1.82) is 0 Å². The summed E-state index contributed by atoms with van der Waals surface area (Å²) in [5, 5.41) is 5.52. The molecule has 3 aromatic rings. The molecule has 3 aliphatic rings. The summed E-state index contributed by atoms with van der Waals surface area (Å²) in [6, 6.07) is 12.5. The highest BCUT2D eigenvalue weighted by molar-refractivity contribution is 6.05. The van der Waals surface area contributed by atoms with Gasteiger partial charge in [-0.1, -0.05) is 18.2 Å². The molecule has 0 atom stereocenters. The van der Waals surface area contributed by atoms with Gasteiger partial charge in [0.05, 0.1) is 6.20 Å². The lowest BCUT2D eigenvalue weighted by Gasteiger charge is -2.32. The summed E-state index contributed by atoms with van der Waals surface area (Å²) in [6.07, 6.45) is 7.14. The highest BCUT2D eigenvalue weighted by atomic mass is 19.1. The number of piperidine rings is 2. The third-order valence-electron chi connectivity index (χ3n) is 8.70. The number of carbonyl (C=O) groups excluding carboxylic acids is 3. The average Bonchev–Trinajstić information content (AvgIpc) is 3.03. The van der Waals surface area contributed by atoms with Crippen LogP contribution in [0.1, 0.15) is 66.1 Å². The standard InChI is InChI=1S/C32H37FN8O3/c33-26-18-25(41-17-12-28(42)38-32(41)44)9-6-23(26)20-39-15-10-22(11-16-39)21-4-7-24(8-5-21)36-31-29(30(34)43)35-19-27(37-31)40-13-2-1-3-14-40/h4-9,18-19,22H,1-3,10-17,20H2,(H2,34,43)(H,36,37)(H,38,42,44). The second-order valence-electron chi connectivity index (χ2n) is 11.7. The van der Waals surface area contributed by atoms with Gasteiger partial charge in [0.2, 0.25) is 5.91 Å². The van der Waals surface area contributed by atoms with Crippen LogP contribution < -0.4 is 26.2 Å². The normalized spacial score (nSPS) is 18.3. The van der Waals surface area contributed by atoms with E-state index in [1.165, 1.54) is 23.0 Å². The van der Waals surface area contributed by atoms with Crippen molar-refractivity contribution >= 4 is 40.9 Å². The number of halogens is 1. The predicted octanol–water partition coefficient (Wildman–Crippen LogP) is 4.27. The van der Waals surface area contributed by atoms with Crippen LogP contribution in [-0.2, 0) is 11.3 Å². The molecule has 3 fully saturated rings. The Morgan fingerprint density at radius 2 is 1.75 bits per heavy atom. The monoisotopic (exact) mass is 600 g/mol. The zero-order valence-electron chi connectivity index (χ0n) is 24.6. The number of rotatable bonds is 8. The van der Waals surface area contributed by atoms with Gasteiger partial charge in [-0.3, -0.25) is 24.7 Å². The zero-order chi connectivity index (χ0) is 30.6. The van der Waals surface area contributed by atoms with E-state index in [1.807, 2.05) is 12.1 Å². The van der Waals surface area contributed by atoms with Gasteiger partial charge in [-0.15, -0.1) is 0 Å². The molecule has 0 radical (unpaired) electrons. The molecule has 4 N–H and O–H groups in total. The van der Waals surface area contributed by atoms with E-state index in [2.05, 4.69) is 37.6 Å². The first kappa shape index (κ1) is 29.5. The third kappa shape index (κ3) is 6.65. The number of urea groups is 1. The van der Waals surface area contributed by atoms with Crippen molar-refractivity contribution in [1.82, 2.24) is 20.2 Å². The molecule has 0 aliphatic carbocycles. The smallest absolute Gasteiger partial charge is 0.328 e. The fourth-order valence-corrected chi connectivity index (χ4v) is 6.21. The summed E-state index contributed by atoms with van der Waals surface area (Å²) in [5.74, 6) is 0.178. The lowest BCUT2D eigenvalue weighted by Crippen LogP contribution is -2.49. The number of benzene rings is 2. The number of primary amides is 1. The van der Waals surface area contributed by atoms with Crippen LogP contribution in [0.2, 0.25) is 0 Å². The largest absolute Gasteiger partial charge is 0.364 e. The topological polar surface area (TPSA) is 137 Å². The maximum atomic E-state index is 15.0. The van der Waals surface area contributed by atoms with Crippen molar-refractivity contribution in [3.8, 4) is 0 Å². The molecule has 0 spiro atoms. The van der Waals surface area contributed by atoms with E-state index < -0.39 is 11.9 Å². The molecule has 230 valence electrons. The second kappa shape index (κ2) is 13.0. The molecule has 12 heteroatoms. The van der Waals surface area contributed by atoms with E-state index in [-0.39, 0.29) is 30.4 Å². The first-order valence-electron chi connectivity index (χ1n) is 15.2. The van der Waals surface area contributed by atoms with Crippen LogP contribution in [0.4, 0.5) is 32.2 Å². The summed E-state index contributed by atoms with van der Waals surface area (Å²) < 4.78 is 15.0. The maximum Gasteiger partial charge on any atom is 0.328 e. The molecule has 2 aromatic carbocycles. The summed E-state index contributed by atoms with van der Waals surface area (Å²) in [4.78, 5) is 50.4. The van der Waals surface area contributed by atoms with Gasteiger partial charge in [-0.05, 0) is 80.9 Å². The highest BCUT2D eigenvalue weighted by Crippen LogP contribution is 2.31. The van der Waals surface area contributed by atoms with Gasteiger partial charge in [-0.25, -0.2) is 19.2 Å². The number of carbonyl (C=O) groups is 3. The molecule has 44 heavy (non-hydrogen) atoms. The second-order valence-corrected chi connectivity index (χ2v) is 11.7. The van der Waals surface area contributed by atoms with Crippen LogP contribution >= 0.6 is 0 Å². The quantitative estimate of drug-likeness (QED) is 0.349. The Bertz CT molecular complexity index is 1530. The lowest BCUT2D eigenvalue weighted by molar-refractivity contribution is -0.120. The molecule has 0 saturated carbocycles. The molecule has 4 amide bonds. The van der Waals surface area contributed by atoms with Crippen LogP contribution in [0.3, 0.4) is 0 Å². The Morgan fingerprint density at radius 3 is 2.43 bits per heavy atom. The van der Waals surface area contributed by atoms with Crippen LogP contribution in [-0.4, -0.2) is 65.4 Å². The minimum absolute atomic E-state index is 0.113. The fraction of sp³-hybridized carbons (Fsp3) is 0.406.